The predicted molar refractivity (Wildman–Crippen MR) is 108 cm³/mol. The quantitative estimate of drug-likeness (QED) is 0.552. The highest BCUT2D eigenvalue weighted by atomic mass is 19.4. The lowest BCUT2D eigenvalue weighted by atomic mass is 9.77. The summed E-state index contributed by atoms with van der Waals surface area (Å²) in [4.78, 5) is 24.4. The molecule has 0 saturated carbocycles. The Morgan fingerprint density at radius 1 is 1.17 bits per heavy atom. The summed E-state index contributed by atoms with van der Waals surface area (Å²) in [6.45, 7) is -1.95. The molecule has 1 aliphatic rings. The molecule has 2 amide bonds. The topological polar surface area (TPSA) is 90.6 Å². The number of alkyl halides is 5. The number of carbonyl (C=O) groups excluding carboxylic acids is 2. The number of nitrogens with one attached hydrogen (secondary N) is 1. The Bertz CT molecular complexity index is 1140. The number of primary amides is 1. The van der Waals surface area contributed by atoms with Crippen LogP contribution in [0.2, 0.25) is 0 Å². The predicted octanol–water partition coefficient (Wildman–Crippen LogP) is 4.74. The van der Waals surface area contributed by atoms with Crippen LogP contribution in [0.25, 0.3) is 0 Å². The van der Waals surface area contributed by atoms with Crippen molar-refractivity contribution in [3.05, 3.63) is 59.2 Å². The molecular weight excluding hydrogens is 489 g/mol. The van der Waals surface area contributed by atoms with Crippen molar-refractivity contribution in [2.24, 2.45) is 11.7 Å². The van der Waals surface area contributed by atoms with Gasteiger partial charge in [0.05, 0.1) is 0 Å². The van der Waals surface area contributed by atoms with Gasteiger partial charge in [-0.3, -0.25) is 9.59 Å². The second-order valence-corrected chi connectivity index (χ2v) is 8.05. The van der Waals surface area contributed by atoms with E-state index in [4.69, 9.17) is 10.5 Å². The minimum atomic E-state index is -5.03. The van der Waals surface area contributed by atoms with E-state index in [1.54, 1.807) is 0 Å². The first-order valence-corrected chi connectivity index (χ1v) is 10.1. The number of nitrogens with two attached hydrogens (primary N) is 1. The molecule has 2 aromatic carbocycles. The molecule has 1 heterocycles. The van der Waals surface area contributed by atoms with Gasteiger partial charge in [-0.2, -0.15) is 26.3 Å². The molecule has 1 fully saturated rings. The normalized spacial score (nSPS) is 24.5. The Labute approximate surface area is 194 Å². The molecule has 4 atom stereocenters. The van der Waals surface area contributed by atoms with Crippen LogP contribution in [-0.4, -0.2) is 36.3 Å². The van der Waals surface area contributed by atoms with E-state index >= 15 is 0 Å². The highest BCUT2D eigenvalue weighted by Gasteiger charge is 2.66. The van der Waals surface area contributed by atoms with Gasteiger partial charge >= 0.3 is 12.8 Å². The summed E-state index contributed by atoms with van der Waals surface area (Å²) in [6, 6.07) is 6.41. The minimum Gasteiger partial charge on any atom is -0.431 e. The molecule has 1 saturated heterocycles. The van der Waals surface area contributed by atoms with E-state index < -0.39 is 71.1 Å². The molecule has 13 heteroatoms. The Morgan fingerprint density at radius 3 is 2.40 bits per heavy atom. The average Bonchev–Trinajstić information content (AvgIpc) is 3.04. The lowest BCUT2D eigenvalue weighted by Gasteiger charge is -2.32. The Hall–Kier alpha value is -3.35. The smallest absolute Gasteiger partial charge is 0.417 e. The summed E-state index contributed by atoms with van der Waals surface area (Å²) >= 11 is 0. The van der Waals surface area contributed by atoms with Crippen molar-refractivity contribution >= 4 is 17.5 Å². The second kappa shape index (κ2) is 9.36. The summed E-state index contributed by atoms with van der Waals surface area (Å²) in [5.74, 6) is -10.1. The van der Waals surface area contributed by atoms with Crippen molar-refractivity contribution < 1.29 is 49.8 Å². The Kier molecular flexibility index (Phi) is 7.02. The van der Waals surface area contributed by atoms with Crippen LogP contribution in [0.15, 0.2) is 36.4 Å². The number of benzene rings is 2. The number of rotatable bonds is 6. The molecule has 2 aromatic rings. The molecule has 3 N–H and O–H groups in total. The number of anilines is 1. The molecule has 0 unspecified atom stereocenters. The fourth-order valence-electron chi connectivity index (χ4n) is 4.01. The second-order valence-electron chi connectivity index (χ2n) is 8.05. The maximum absolute atomic E-state index is 14.4. The zero-order valence-electron chi connectivity index (χ0n) is 18.1. The van der Waals surface area contributed by atoms with E-state index in [9.17, 15) is 40.3 Å². The monoisotopic (exact) mass is 508 g/mol. The molecule has 190 valence electrons. The third kappa shape index (κ3) is 4.90. The standard InChI is InChI=1S/C22H19F7N2O4/c1-9-14(12-6-7-13(23)15(24)16(12)34-20(25)26)17(35-21(9,2)22(27,28)29)19(33)31-11-5-3-4-10(8-11)18(30)32/h3-9,14,17,20H,1-2H3,(H2,30,32)(H,31,33)/t9-,14+,17+,21-/m0/s1. The van der Waals surface area contributed by atoms with E-state index in [0.717, 1.165) is 19.1 Å². The average molecular weight is 508 g/mol. The molecule has 35 heavy (non-hydrogen) atoms. The maximum Gasteiger partial charge on any atom is 0.417 e. The first-order chi connectivity index (χ1) is 16.2. The van der Waals surface area contributed by atoms with Crippen LogP contribution in [0.5, 0.6) is 5.75 Å². The summed E-state index contributed by atoms with van der Waals surface area (Å²) in [5, 5.41) is 2.28. The van der Waals surface area contributed by atoms with Gasteiger partial charge in [-0.15, -0.1) is 0 Å². The van der Waals surface area contributed by atoms with Crippen molar-refractivity contribution in [2.75, 3.05) is 5.32 Å². The van der Waals surface area contributed by atoms with E-state index in [-0.39, 0.29) is 11.3 Å². The number of amides is 2. The fourth-order valence-corrected chi connectivity index (χ4v) is 4.01. The number of halogens is 7. The number of carbonyl (C=O) groups is 2. The first kappa shape index (κ1) is 26.3. The number of hydrogen-bond acceptors (Lipinski definition) is 4. The van der Waals surface area contributed by atoms with Crippen LogP contribution < -0.4 is 15.8 Å². The van der Waals surface area contributed by atoms with Crippen molar-refractivity contribution in [3.63, 3.8) is 0 Å². The lowest BCUT2D eigenvalue weighted by Crippen LogP contribution is -2.47. The zero-order valence-corrected chi connectivity index (χ0v) is 18.1. The summed E-state index contributed by atoms with van der Waals surface area (Å²) < 4.78 is 105. The van der Waals surface area contributed by atoms with Crippen LogP contribution >= 0.6 is 0 Å². The molecule has 0 aromatic heterocycles. The van der Waals surface area contributed by atoms with Gasteiger partial charge in [0.25, 0.3) is 5.91 Å². The van der Waals surface area contributed by atoms with Crippen molar-refractivity contribution in [3.8, 4) is 5.75 Å². The highest BCUT2D eigenvalue weighted by molar-refractivity contribution is 5.98. The van der Waals surface area contributed by atoms with Gasteiger partial charge in [0.1, 0.15) is 6.10 Å². The molecule has 3 rings (SSSR count). The van der Waals surface area contributed by atoms with Crippen LogP contribution in [0.3, 0.4) is 0 Å². The lowest BCUT2D eigenvalue weighted by molar-refractivity contribution is -0.272. The third-order valence-electron chi connectivity index (χ3n) is 5.99. The molecule has 0 radical (unpaired) electrons. The van der Waals surface area contributed by atoms with Crippen LogP contribution in [-0.2, 0) is 9.53 Å². The zero-order chi connectivity index (χ0) is 26.3. The van der Waals surface area contributed by atoms with Gasteiger partial charge in [-0.05, 0) is 31.2 Å². The summed E-state index contributed by atoms with van der Waals surface area (Å²) in [5.41, 5.74) is 1.54. The van der Waals surface area contributed by atoms with Gasteiger partial charge in [0, 0.05) is 28.7 Å². The molecule has 0 aliphatic carbocycles. The Balaban J connectivity index is 2.10. The third-order valence-corrected chi connectivity index (χ3v) is 5.99. The summed E-state index contributed by atoms with van der Waals surface area (Å²) in [7, 11) is 0. The largest absolute Gasteiger partial charge is 0.431 e. The summed E-state index contributed by atoms with van der Waals surface area (Å²) in [6.07, 6.45) is -7.04. The number of hydrogen-bond donors (Lipinski definition) is 2. The van der Waals surface area contributed by atoms with Gasteiger partial charge in [0.15, 0.2) is 17.2 Å². The maximum atomic E-state index is 14.4. The van der Waals surface area contributed by atoms with Crippen LogP contribution in [0.4, 0.5) is 36.4 Å². The van der Waals surface area contributed by atoms with Crippen molar-refractivity contribution in [2.45, 2.75) is 44.3 Å². The number of ether oxygens (including phenoxy) is 2. The van der Waals surface area contributed by atoms with Gasteiger partial charge in [0.2, 0.25) is 11.7 Å². The van der Waals surface area contributed by atoms with Crippen molar-refractivity contribution in [1.82, 2.24) is 0 Å². The van der Waals surface area contributed by atoms with Gasteiger partial charge < -0.3 is 20.5 Å². The molecule has 1 aliphatic heterocycles. The van der Waals surface area contributed by atoms with E-state index in [2.05, 4.69) is 10.1 Å². The molecule has 0 bridgehead atoms. The first-order valence-electron chi connectivity index (χ1n) is 10.1. The van der Waals surface area contributed by atoms with Gasteiger partial charge in [-0.1, -0.05) is 19.1 Å². The molecule has 6 nitrogen and oxygen atoms in total. The Morgan fingerprint density at radius 2 is 1.83 bits per heavy atom. The van der Waals surface area contributed by atoms with E-state index in [0.29, 0.717) is 13.0 Å². The van der Waals surface area contributed by atoms with Crippen molar-refractivity contribution in [1.29, 1.82) is 0 Å². The van der Waals surface area contributed by atoms with Crippen LogP contribution in [0, 0.1) is 17.6 Å². The highest BCUT2D eigenvalue weighted by Crippen LogP contribution is 2.55. The molecule has 0 spiro atoms. The van der Waals surface area contributed by atoms with Crippen LogP contribution in [0.1, 0.15) is 35.7 Å². The molecular formula is C22H19F7N2O4. The van der Waals surface area contributed by atoms with Gasteiger partial charge in [-0.25, -0.2) is 4.39 Å². The SMILES string of the molecule is C[C@H]1[C@H](c2ccc(F)c(F)c2OC(F)F)[C@H](C(=O)Nc2cccc(C(N)=O)c2)O[C@]1(C)C(F)(F)F. The fraction of sp³-hybridized carbons (Fsp3) is 0.364. The minimum absolute atomic E-state index is 0.0200. The van der Waals surface area contributed by atoms with E-state index in [1.807, 2.05) is 0 Å². The van der Waals surface area contributed by atoms with E-state index in [1.165, 1.54) is 18.2 Å².